The predicted molar refractivity (Wildman–Crippen MR) is 128 cm³/mol. The second-order valence-corrected chi connectivity index (χ2v) is 10.4. The Morgan fingerprint density at radius 3 is 2.66 bits per heavy atom. The van der Waals surface area contributed by atoms with E-state index in [9.17, 15) is 18.7 Å². The topological polar surface area (TPSA) is 88.6 Å². The molecular formula is C24H24F2N6O2S. The van der Waals surface area contributed by atoms with Gasteiger partial charge in [-0.15, -0.1) is 11.8 Å². The minimum atomic E-state index is -0.760. The first kappa shape index (κ1) is 22.4. The van der Waals surface area contributed by atoms with E-state index in [4.69, 9.17) is 0 Å². The number of likely N-dealkylation sites (tertiary alicyclic amines) is 1. The molecule has 1 amide bonds. The van der Waals surface area contributed by atoms with Gasteiger partial charge in [0, 0.05) is 48.8 Å². The van der Waals surface area contributed by atoms with Crippen LogP contribution in [0.5, 0.6) is 0 Å². The number of aromatic nitrogens is 5. The fourth-order valence-corrected chi connectivity index (χ4v) is 6.03. The van der Waals surface area contributed by atoms with Crippen molar-refractivity contribution in [3.8, 4) is 11.4 Å². The van der Waals surface area contributed by atoms with Crippen LogP contribution in [0.4, 0.5) is 8.78 Å². The largest absolute Gasteiger partial charge is 0.389 e. The van der Waals surface area contributed by atoms with Crippen LogP contribution in [0.2, 0.25) is 0 Å². The van der Waals surface area contributed by atoms with Gasteiger partial charge in [-0.25, -0.2) is 13.8 Å². The maximum Gasteiger partial charge on any atom is 0.272 e. The molecule has 2 bridgehead atoms. The number of thioether (sulfide) groups is 1. The first-order valence-electron chi connectivity index (χ1n) is 11.5. The van der Waals surface area contributed by atoms with Crippen molar-refractivity contribution < 1.29 is 18.7 Å². The Hall–Kier alpha value is -3.05. The zero-order valence-electron chi connectivity index (χ0n) is 19.3. The normalized spacial score (nSPS) is 24.1. The van der Waals surface area contributed by atoms with Gasteiger partial charge in [0.2, 0.25) is 0 Å². The Morgan fingerprint density at radius 2 is 1.94 bits per heavy atom. The second-order valence-electron chi connectivity index (χ2n) is 9.60. The molecule has 0 radical (unpaired) electrons. The number of carbonyl (C=O) groups is 1. The summed E-state index contributed by atoms with van der Waals surface area (Å²) in [6.45, 7) is 2.90. The molecule has 1 saturated carbocycles. The second kappa shape index (κ2) is 7.99. The van der Waals surface area contributed by atoms with Crippen LogP contribution in [0.1, 0.15) is 30.3 Å². The van der Waals surface area contributed by atoms with E-state index in [-0.39, 0.29) is 23.4 Å². The summed E-state index contributed by atoms with van der Waals surface area (Å²) in [6.07, 6.45) is 7.99. The molecule has 2 aliphatic rings. The van der Waals surface area contributed by atoms with E-state index in [1.165, 1.54) is 16.8 Å². The summed E-state index contributed by atoms with van der Waals surface area (Å²) >= 11 is 1.55. The third-order valence-corrected chi connectivity index (χ3v) is 8.06. The molecule has 0 spiro atoms. The molecule has 35 heavy (non-hydrogen) atoms. The molecular weight excluding hydrogens is 474 g/mol. The summed E-state index contributed by atoms with van der Waals surface area (Å²) in [5.41, 5.74) is 1.19. The number of halogens is 2. The number of carbonyl (C=O) groups excluding carboxylic acids is 1. The highest BCUT2D eigenvalue weighted by molar-refractivity contribution is 7.97. The van der Waals surface area contributed by atoms with Crippen molar-refractivity contribution in [1.29, 1.82) is 0 Å². The lowest BCUT2D eigenvalue weighted by Gasteiger charge is -2.42. The van der Waals surface area contributed by atoms with Crippen molar-refractivity contribution in [3.05, 3.63) is 48.1 Å². The first-order valence-corrected chi connectivity index (χ1v) is 12.9. The lowest BCUT2D eigenvalue weighted by molar-refractivity contribution is -0.0616. The Kier molecular flexibility index (Phi) is 5.12. The highest BCUT2D eigenvalue weighted by atomic mass is 32.2. The number of hydrogen-bond acceptors (Lipinski definition) is 6. The highest BCUT2D eigenvalue weighted by Gasteiger charge is 2.50. The number of piperidine rings is 1. The maximum atomic E-state index is 14.2. The van der Waals surface area contributed by atoms with E-state index in [1.54, 1.807) is 33.6 Å². The van der Waals surface area contributed by atoms with Gasteiger partial charge >= 0.3 is 0 Å². The number of nitrogens with zero attached hydrogens (tertiary/aromatic N) is 6. The molecule has 1 saturated heterocycles. The number of imidazole rings is 1. The molecule has 8 nitrogen and oxygen atoms in total. The van der Waals surface area contributed by atoms with Crippen molar-refractivity contribution in [3.63, 3.8) is 0 Å². The van der Waals surface area contributed by atoms with E-state index in [0.29, 0.717) is 47.0 Å². The fraction of sp³-hybridized carbons (Fsp3) is 0.417. The summed E-state index contributed by atoms with van der Waals surface area (Å²) in [6, 6.07) is 2.52. The zero-order valence-corrected chi connectivity index (χ0v) is 20.1. The molecule has 11 heteroatoms. The molecule has 2 atom stereocenters. The van der Waals surface area contributed by atoms with E-state index >= 15 is 0 Å². The number of aliphatic hydroxyl groups is 1. The zero-order chi connectivity index (χ0) is 24.5. The first-order chi connectivity index (χ1) is 16.8. The fourth-order valence-electron chi connectivity index (χ4n) is 5.59. The lowest BCUT2D eigenvalue weighted by Crippen LogP contribution is -2.53. The SMILES string of the molecule is CSCn1nc(-c2cnc3c(F)cc(F)cn23)c2cnc(C(=O)N3CC4CCC(C3)C4(C)O)cc21. The van der Waals surface area contributed by atoms with Crippen LogP contribution in [-0.2, 0) is 5.88 Å². The molecule has 2 unspecified atom stereocenters. The molecule has 1 N–H and O–H groups in total. The minimum absolute atomic E-state index is 0.00401. The quantitative estimate of drug-likeness (QED) is 0.463. The van der Waals surface area contributed by atoms with Crippen LogP contribution in [0.25, 0.3) is 27.9 Å². The van der Waals surface area contributed by atoms with Gasteiger partial charge in [-0.05, 0) is 32.1 Å². The predicted octanol–water partition coefficient (Wildman–Crippen LogP) is 3.58. The molecule has 4 aromatic heterocycles. The van der Waals surface area contributed by atoms with Crippen LogP contribution in [0.3, 0.4) is 0 Å². The van der Waals surface area contributed by atoms with Gasteiger partial charge in [0.25, 0.3) is 5.91 Å². The van der Waals surface area contributed by atoms with Gasteiger partial charge in [-0.2, -0.15) is 5.10 Å². The van der Waals surface area contributed by atoms with Crippen molar-refractivity contribution in [2.45, 2.75) is 31.2 Å². The lowest BCUT2D eigenvalue weighted by atomic mass is 9.82. The maximum absolute atomic E-state index is 14.2. The Morgan fingerprint density at radius 1 is 1.20 bits per heavy atom. The third kappa shape index (κ3) is 3.43. The summed E-state index contributed by atoms with van der Waals surface area (Å²) < 4.78 is 31.3. The molecule has 4 aromatic rings. The summed E-state index contributed by atoms with van der Waals surface area (Å²) in [5, 5.41) is 16.1. The van der Waals surface area contributed by atoms with Crippen molar-refractivity contribution in [2.75, 3.05) is 19.3 Å². The van der Waals surface area contributed by atoms with Gasteiger partial charge in [0.05, 0.1) is 28.9 Å². The molecule has 2 fully saturated rings. The minimum Gasteiger partial charge on any atom is -0.389 e. The number of hydrogen-bond donors (Lipinski definition) is 1. The number of pyridine rings is 2. The molecule has 5 heterocycles. The monoisotopic (exact) mass is 498 g/mol. The van der Waals surface area contributed by atoms with Crippen molar-refractivity contribution in [1.82, 2.24) is 29.0 Å². The summed E-state index contributed by atoms with van der Waals surface area (Å²) in [4.78, 5) is 23.7. The summed E-state index contributed by atoms with van der Waals surface area (Å²) in [7, 11) is 0. The van der Waals surface area contributed by atoms with Crippen molar-refractivity contribution in [2.24, 2.45) is 11.8 Å². The van der Waals surface area contributed by atoms with E-state index < -0.39 is 17.2 Å². The van der Waals surface area contributed by atoms with Crippen molar-refractivity contribution >= 4 is 34.2 Å². The molecule has 0 aromatic carbocycles. The van der Waals surface area contributed by atoms with Gasteiger partial charge < -0.3 is 10.0 Å². The van der Waals surface area contributed by atoms with E-state index in [0.717, 1.165) is 18.9 Å². The number of fused-ring (bicyclic) bond motifs is 4. The highest BCUT2D eigenvalue weighted by Crippen LogP contribution is 2.45. The van der Waals surface area contributed by atoms with Crippen LogP contribution >= 0.6 is 11.8 Å². The molecule has 1 aliphatic heterocycles. The Bertz CT molecular complexity index is 1470. The molecule has 1 aliphatic carbocycles. The molecule has 182 valence electrons. The van der Waals surface area contributed by atoms with Crippen LogP contribution in [-0.4, -0.2) is 65.0 Å². The average molecular weight is 499 g/mol. The summed E-state index contributed by atoms with van der Waals surface area (Å²) in [5.74, 6) is -0.995. The number of rotatable bonds is 4. The molecule has 6 rings (SSSR count). The van der Waals surface area contributed by atoms with Crippen LogP contribution in [0, 0.1) is 23.5 Å². The van der Waals surface area contributed by atoms with E-state index in [1.807, 2.05) is 13.2 Å². The standard InChI is InChI=1S/C24H24F2N6O2S/c1-24(34)13-3-4-14(24)10-30(9-13)23(33)18-6-19-16(7-27-18)21(29-32(19)12-35-2)20-8-28-22-17(26)5-15(25)11-31(20)22/h5-8,11,13-14,34H,3-4,9-10,12H2,1-2H3. The average Bonchev–Trinajstić information content (AvgIpc) is 3.40. The van der Waals surface area contributed by atoms with Gasteiger partial charge in [0.1, 0.15) is 17.2 Å². The number of amides is 1. The van der Waals surface area contributed by atoms with Crippen LogP contribution in [0.15, 0.2) is 30.7 Å². The smallest absolute Gasteiger partial charge is 0.272 e. The van der Waals surface area contributed by atoms with Gasteiger partial charge in [0.15, 0.2) is 11.5 Å². The van der Waals surface area contributed by atoms with Gasteiger partial charge in [-0.1, -0.05) is 0 Å². The third-order valence-electron chi connectivity index (χ3n) is 7.56. The van der Waals surface area contributed by atoms with Gasteiger partial charge in [-0.3, -0.25) is 18.9 Å². The van der Waals surface area contributed by atoms with Crippen LogP contribution < -0.4 is 0 Å². The van der Waals surface area contributed by atoms with E-state index in [2.05, 4.69) is 15.1 Å². The Balaban J connectivity index is 1.41. The Labute approximate surface area is 204 Å².